The van der Waals surface area contributed by atoms with Crippen LogP contribution in [0.2, 0.25) is 0 Å². The summed E-state index contributed by atoms with van der Waals surface area (Å²) in [5.74, 6) is -3.18. The maximum atomic E-state index is 12.9. The number of carbonyl (C=O) groups is 1. The van der Waals surface area contributed by atoms with Gasteiger partial charge in [0.2, 0.25) is 0 Å². The fraction of sp³-hybridized carbons (Fsp3) is 0.500. The SMILES string of the molecule is O=C(c1nscc1Br)N1CCC(F)(F)C1. The predicted molar refractivity (Wildman–Crippen MR) is 55.3 cm³/mol. The van der Waals surface area contributed by atoms with Crippen molar-refractivity contribution in [1.82, 2.24) is 9.27 Å². The van der Waals surface area contributed by atoms with E-state index in [1.54, 1.807) is 5.38 Å². The molecule has 0 aliphatic carbocycles. The Hall–Kier alpha value is -0.560. The van der Waals surface area contributed by atoms with Crippen molar-refractivity contribution in [3.05, 3.63) is 15.5 Å². The van der Waals surface area contributed by atoms with Crippen molar-refractivity contribution in [1.29, 1.82) is 0 Å². The fourth-order valence-corrected chi connectivity index (χ4v) is 2.59. The summed E-state index contributed by atoms with van der Waals surface area (Å²) < 4.78 is 30.2. The van der Waals surface area contributed by atoms with Crippen molar-refractivity contribution in [2.24, 2.45) is 0 Å². The maximum Gasteiger partial charge on any atom is 0.274 e. The Morgan fingerprint density at radius 2 is 2.40 bits per heavy atom. The van der Waals surface area contributed by atoms with Gasteiger partial charge in [-0.15, -0.1) is 0 Å². The van der Waals surface area contributed by atoms with Crippen LogP contribution in [0.1, 0.15) is 16.9 Å². The van der Waals surface area contributed by atoms with Crippen LogP contribution >= 0.6 is 27.5 Å². The van der Waals surface area contributed by atoms with Gasteiger partial charge >= 0.3 is 0 Å². The van der Waals surface area contributed by atoms with E-state index in [2.05, 4.69) is 20.3 Å². The highest BCUT2D eigenvalue weighted by Crippen LogP contribution is 2.29. The van der Waals surface area contributed by atoms with Gasteiger partial charge in [-0.2, -0.15) is 4.37 Å². The van der Waals surface area contributed by atoms with Gasteiger partial charge in [0.1, 0.15) is 0 Å². The first-order valence-corrected chi connectivity index (χ1v) is 5.89. The lowest BCUT2D eigenvalue weighted by molar-refractivity contribution is 0.0119. The van der Waals surface area contributed by atoms with Crippen LogP contribution < -0.4 is 0 Å². The molecule has 1 aromatic heterocycles. The van der Waals surface area contributed by atoms with Crippen molar-refractivity contribution in [3.63, 3.8) is 0 Å². The molecule has 0 bridgehead atoms. The normalized spacial score (nSPS) is 19.5. The van der Waals surface area contributed by atoms with Crippen LogP contribution in [0.3, 0.4) is 0 Å². The Morgan fingerprint density at radius 1 is 1.67 bits per heavy atom. The number of halogens is 3. The topological polar surface area (TPSA) is 33.2 Å². The number of alkyl halides is 2. The molecule has 7 heteroatoms. The van der Waals surface area contributed by atoms with Gasteiger partial charge in [0.15, 0.2) is 5.69 Å². The lowest BCUT2D eigenvalue weighted by Crippen LogP contribution is -2.31. The zero-order valence-electron chi connectivity index (χ0n) is 7.54. The maximum absolute atomic E-state index is 12.9. The highest BCUT2D eigenvalue weighted by molar-refractivity contribution is 9.10. The average Bonchev–Trinajstić information content (AvgIpc) is 2.71. The van der Waals surface area contributed by atoms with Gasteiger partial charge in [-0.3, -0.25) is 4.79 Å². The number of likely N-dealkylation sites (tertiary alicyclic amines) is 1. The van der Waals surface area contributed by atoms with E-state index in [9.17, 15) is 13.6 Å². The molecule has 0 unspecified atom stereocenters. The fourth-order valence-electron chi connectivity index (χ4n) is 1.42. The second-order valence-electron chi connectivity index (χ2n) is 3.34. The summed E-state index contributed by atoms with van der Waals surface area (Å²) in [6, 6.07) is 0. The number of rotatable bonds is 1. The molecule has 15 heavy (non-hydrogen) atoms. The summed E-state index contributed by atoms with van der Waals surface area (Å²) in [6.45, 7) is -0.411. The highest BCUT2D eigenvalue weighted by atomic mass is 79.9. The standard InChI is InChI=1S/C8H7BrF2N2OS/c9-5-3-15-12-6(5)7(14)13-2-1-8(10,11)4-13/h3H,1-2,4H2. The summed E-state index contributed by atoms with van der Waals surface area (Å²) in [5.41, 5.74) is 0.220. The number of hydrogen-bond acceptors (Lipinski definition) is 3. The van der Waals surface area contributed by atoms with Crippen LogP contribution in [0, 0.1) is 0 Å². The minimum atomic E-state index is -2.75. The van der Waals surface area contributed by atoms with Gasteiger partial charge in [-0.1, -0.05) is 0 Å². The van der Waals surface area contributed by atoms with Gasteiger partial charge in [0, 0.05) is 18.3 Å². The van der Waals surface area contributed by atoms with E-state index in [0.717, 1.165) is 16.4 Å². The lowest BCUT2D eigenvalue weighted by Gasteiger charge is -2.14. The molecule has 0 N–H and O–H groups in total. The molecule has 0 spiro atoms. The van der Waals surface area contributed by atoms with Crippen LogP contribution in [0.5, 0.6) is 0 Å². The zero-order chi connectivity index (χ0) is 11.1. The van der Waals surface area contributed by atoms with E-state index in [1.807, 2.05) is 0 Å². The summed E-state index contributed by atoms with van der Waals surface area (Å²) in [4.78, 5) is 12.9. The number of nitrogens with zero attached hydrogens (tertiary/aromatic N) is 2. The van der Waals surface area contributed by atoms with E-state index in [4.69, 9.17) is 0 Å². The molecule has 1 amide bonds. The van der Waals surface area contributed by atoms with Gasteiger partial charge in [-0.05, 0) is 27.5 Å². The molecule has 0 aromatic carbocycles. The number of amides is 1. The molecular weight excluding hydrogens is 290 g/mol. The van der Waals surface area contributed by atoms with Crippen LogP contribution in [0.4, 0.5) is 8.78 Å². The summed E-state index contributed by atoms with van der Waals surface area (Å²) >= 11 is 4.28. The molecule has 1 saturated heterocycles. The third kappa shape index (κ3) is 2.17. The van der Waals surface area contributed by atoms with E-state index >= 15 is 0 Å². The Balaban J connectivity index is 2.14. The van der Waals surface area contributed by atoms with Crippen LogP contribution in [0.25, 0.3) is 0 Å². The van der Waals surface area contributed by atoms with Crippen LogP contribution in [-0.4, -0.2) is 34.2 Å². The summed E-state index contributed by atoms with van der Waals surface area (Å²) in [7, 11) is 0. The van der Waals surface area contributed by atoms with E-state index < -0.39 is 18.4 Å². The van der Waals surface area contributed by atoms with E-state index in [0.29, 0.717) is 4.47 Å². The summed E-state index contributed by atoms with van der Waals surface area (Å²) in [6.07, 6.45) is -0.263. The minimum absolute atomic E-state index is 0.0931. The molecule has 2 heterocycles. The lowest BCUT2D eigenvalue weighted by atomic mass is 10.3. The second-order valence-corrected chi connectivity index (χ2v) is 4.83. The van der Waals surface area contributed by atoms with Gasteiger partial charge in [0.05, 0.1) is 11.0 Å². The first kappa shape index (κ1) is 10.9. The Morgan fingerprint density at radius 3 is 2.87 bits per heavy atom. The van der Waals surface area contributed by atoms with E-state index in [1.165, 1.54) is 0 Å². The molecule has 0 radical (unpaired) electrons. The quantitative estimate of drug-likeness (QED) is 0.797. The third-order valence-electron chi connectivity index (χ3n) is 2.19. The molecule has 1 aliphatic rings. The van der Waals surface area contributed by atoms with Gasteiger partial charge < -0.3 is 4.90 Å². The zero-order valence-corrected chi connectivity index (χ0v) is 9.95. The second kappa shape index (κ2) is 3.79. The third-order valence-corrected chi connectivity index (χ3v) is 3.72. The number of aromatic nitrogens is 1. The smallest absolute Gasteiger partial charge is 0.274 e. The Labute approximate surface area is 97.4 Å². The van der Waals surface area contributed by atoms with Crippen molar-refractivity contribution in [3.8, 4) is 0 Å². The molecule has 2 rings (SSSR count). The Bertz CT molecular complexity index is 396. The number of hydrogen-bond donors (Lipinski definition) is 0. The van der Waals surface area contributed by atoms with Crippen molar-refractivity contribution >= 4 is 33.4 Å². The molecule has 1 fully saturated rings. The average molecular weight is 297 g/mol. The molecule has 0 atom stereocenters. The highest BCUT2D eigenvalue weighted by Gasteiger charge is 2.41. The Kier molecular flexibility index (Phi) is 2.76. The van der Waals surface area contributed by atoms with Gasteiger partial charge in [-0.25, -0.2) is 8.78 Å². The summed E-state index contributed by atoms with van der Waals surface area (Å²) in [5, 5.41) is 1.65. The predicted octanol–water partition coefficient (Wildman–Crippen LogP) is 2.39. The van der Waals surface area contributed by atoms with Crippen molar-refractivity contribution < 1.29 is 13.6 Å². The monoisotopic (exact) mass is 296 g/mol. The molecule has 1 aliphatic heterocycles. The molecule has 82 valence electrons. The largest absolute Gasteiger partial charge is 0.331 e. The van der Waals surface area contributed by atoms with Crippen LogP contribution in [0.15, 0.2) is 9.85 Å². The molecule has 0 saturated carbocycles. The molecule has 1 aromatic rings. The molecular formula is C8H7BrF2N2OS. The first-order valence-electron chi connectivity index (χ1n) is 4.26. The van der Waals surface area contributed by atoms with E-state index in [-0.39, 0.29) is 18.7 Å². The number of carbonyl (C=O) groups excluding carboxylic acids is 1. The van der Waals surface area contributed by atoms with Crippen molar-refractivity contribution in [2.75, 3.05) is 13.1 Å². The van der Waals surface area contributed by atoms with Gasteiger partial charge in [0.25, 0.3) is 11.8 Å². The van der Waals surface area contributed by atoms with Crippen molar-refractivity contribution in [2.45, 2.75) is 12.3 Å². The minimum Gasteiger partial charge on any atom is -0.331 e. The molecule has 3 nitrogen and oxygen atoms in total. The van der Waals surface area contributed by atoms with Crippen LogP contribution in [-0.2, 0) is 0 Å². The first-order chi connectivity index (χ1) is 6.99.